The number of fused-ring (bicyclic) bond motifs is 1. The zero-order valence-electron chi connectivity index (χ0n) is 22.0. The molecular weight excluding hydrogens is 517 g/mol. The fraction of sp³-hybridized carbons (Fsp3) is 0.429. The van der Waals surface area contributed by atoms with Crippen molar-refractivity contribution in [3.8, 4) is 0 Å². The number of hydrogen-bond donors (Lipinski definition) is 4. The summed E-state index contributed by atoms with van der Waals surface area (Å²) in [5.74, 6) is -0.0555. The van der Waals surface area contributed by atoms with Crippen molar-refractivity contribution in [1.29, 1.82) is 0 Å². The van der Waals surface area contributed by atoms with Gasteiger partial charge in [-0.2, -0.15) is 4.98 Å². The molecule has 0 atom stereocenters. The third-order valence-electron chi connectivity index (χ3n) is 7.43. The number of hydrogen-bond acceptors (Lipinski definition) is 8. The highest BCUT2D eigenvalue weighted by molar-refractivity contribution is 7.17. The fourth-order valence-electron chi connectivity index (χ4n) is 5.17. The lowest BCUT2D eigenvalue weighted by molar-refractivity contribution is -0.117. The van der Waals surface area contributed by atoms with E-state index < -0.39 is 11.7 Å². The van der Waals surface area contributed by atoms with E-state index in [1.807, 2.05) is 11.4 Å². The van der Waals surface area contributed by atoms with Crippen molar-refractivity contribution in [1.82, 2.24) is 25.5 Å². The molecule has 2 amide bonds. The molecule has 206 valence electrons. The number of rotatable bonds is 8. The molecule has 2 aromatic heterocycles. The second-order valence-corrected chi connectivity index (χ2v) is 11.2. The van der Waals surface area contributed by atoms with Crippen molar-refractivity contribution < 1.29 is 14.0 Å². The largest absolute Gasteiger partial charge is 0.366 e. The number of thiophene rings is 1. The molecule has 1 aromatic carbocycles. The average molecular weight is 552 g/mol. The predicted molar refractivity (Wildman–Crippen MR) is 153 cm³/mol. The van der Waals surface area contributed by atoms with E-state index in [2.05, 4.69) is 44.8 Å². The van der Waals surface area contributed by atoms with E-state index in [4.69, 9.17) is 4.98 Å². The minimum atomic E-state index is -0.597. The molecule has 9 nitrogen and oxygen atoms in total. The molecule has 3 aromatic rings. The van der Waals surface area contributed by atoms with Gasteiger partial charge in [-0.3, -0.25) is 9.59 Å². The lowest BCUT2D eigenvalue weighted by Gasteiger charge is -2.29. The van der Waals surface area contributed by atoms with Crippen LogP contribution in [0.2, 0.25) is 0 Å². The van der Waals surface area contributed by atoms with Gasteiger partial charge < -0.3 is 26.2 Å². The van der Waals surface area contributed by atoms with Crippen molar-refractivity contribution >= 4 is 50.8 Å². The third kappa shape index (κ3) is 6.72. The van der Waals surface area contributed by atoms with Gasteiger partial charge in [0.2, 0.25) is 11.9 Å². The number of benzene rings is 1. The van der Waals surface area contributed by atoms with Crippen LogP contribution in [0.4, 0.5) is 21.8 Å². The summed E-state index contributed by atoms with van der Waals surface area (Å²) in [6, 6.07) is 6.82. The van der Waals surface area contributed by atoms with Crippen molar-refractivity contribution in [3.05, 3.63) is 53.7 Å². The predicted octanol–water partition coefficient (Wildman–Crippen LogP) is 4.42. The van der Waals surface area contributed by atoms with Crippen LogP contribution in [0.3, 0.4) is 0 Å². The van der Waals surface area contributed by atoms with Gasteiger partial charge in [0, 0.05) is 23.8 Å². The lowest BCUT2D eigenvalue weighted by Crippen LogP contribution is -2.43. The van der Waals surface area contributed by atoms with Crippen molar-refractivity contribution in [3.63, 3.8) is 0 Å². The maximum Gasteiger partial charge on any atom is 0.254 e. The lowest BCUT2D eigenvalue weighted by atomic mass is 9.91. The molecule has 2 aliphatic rings. The average Bonchev–Trinajstić information content (AvgIpc) is 3.40. The van der Waals surface area contributed by atoms with Gasteiger partial charge >= 0.3 is 0 Å². The Morgan fingerprint density at radius 2 is 1.74 bits per heavy atom. The molecule has 0 unspecified atom stereocenters. The molecular formula is C28H34FN7O2S. The monoisotopic (exact) mass is 551 g/mol. The van der Waals surface area contributed by atoms with Gasteiger partial charge in [0.25, 0.3) is 5.91 Å². The van der Waals surface area contributed by atoms with Gasteiger partial charge in [-0.05, 0) is 94.4 Å². The van der Waals surface area contributed by atoms with Crippen LogP contribution in [0.5, 0.6) is 0 Å². The number of likely N-dealkylation sites (tertiary alicyclic amines) is 1. The number of carbonyl (C=O) groups is 2. The van der Waals surface area contributed by atoms with Crippen LogP contribution >= 0.6 is 11.3 Å². The van der Waals surface area contributed by atoms with E-state index >= 15 is 0 Å². The molecule has 5 rings (SSSR count). The van der Waals surface area contributed by atoms with E-state index in [-0.39, 0.29) is 29.6 Å². The molecule has 11 heteroatoms. The maximum absolute atomic E-state index is 15.0. The van der Waals surface area contributed by atoms with E-state index in [1.54, 1.807) is 17.4 Å². The summed E-state index contributed by atoms with van der Waals surface area (Å²) in [5.41, 5.74) is 1.28. The molecule has 4 N–H and O–H groups in total. The van der Waals surface area contributed by atoms with Crippen molar-refractivity contribution in [2.45, 2.75) is 56.7 Å². The van der Waals surface area contributed by atoms with Crippen LogP contribution in [-0.4, -0.2) is 64.9 Å². The molecule has 3 heterocycles. The zero-order chi connectivity index (χ0) is 27.4. The molecule has 0 radical (unpaired) electrons. The summed E-state index contributed by atoms with van der Waals surface area (Å²) in [6.07, 6.45) is 6.56. The highest BCUT2D eigenvalue weighted by Gasteiger charge is 2.24. The summed E-state index contributed by atoms with van der Waals surface area (Å²) < 4.78 is 15.9. The molecule has 1 aliphatic carbocycles. The Hall–Kier alpha value is -3.57. The Bertz CT molecular complexity index is 1350. The number of amides is 2. The van der Waals surface area contributed by atoms with Gasteiger partial charge in [-0.25, -0.2) is 9.37 Å². The summed E-state index contributed by atoms with van der Waals surface area (Å²) in [5, 5.41) is 14.6. The first kappa shape index (κ1) is 27.0. The first-order valence-corrected chi connectivity index (χ1v) is 14.3. The molecule has 39 heavy (non-hydrogen) atoms. The van der Waals surface area contributed by atoms with Gasteiger partial charge in [-0.1, -0.05) is 6.58 Å². The summed E-state index contributed by atoms with van der Waals surface area (Å²) >= 11 is 1.56. The van der Waals surface area contributed by atoms with Gasteiger partial charge in [-0.15, -0.1) is 11.3 Å². The van der Waals surface area contributed by atoms with E-state index in [1.165, 1.54) is 18.2 Å². The van der Waals surface area contributed by atoms with E-state index in [9.17, 15) is 14.0 Å². The Kier molecular flexibility index (Phi) is 8.37. The highest BCUT2D eigenvalue weighted by Crippen LogP contribution is 2.31. The van der Waals surface area contributed by atoms with E-state index in [0.717, 1.165) is 67.6 Å². The molecule has 2 fully saturated rings. The Balaban J connectivity index is 1.24. The molecule has 0 spiro atoms. The van der Waals surface area contributed by atoms with Gasteiger partial charge in [0.05, 0.1) is 15.8 Å². The Morgan fingerprint density at radius 1 is 1.03 bits per heavy atom. The number of carbonyl (C=O) groups excluding carboxylic acids is 2. The number of piperidine rings is 1. The van der Waals surface area contributed by atoms with Crippen LogP contribution in [0.15, 0.2) is 42.3 Å². The molecule has 1 aliphatic heterocycles. The first-order chi connectivity index (χ1) is 18.9. The standard InChI is InChI=1S/C28H34FN7O2S/c1-3-24(37)30-17-4-6-18(7-5-17)31-26-25-23(12-15-39-25)34-28(35-26)33-20-8-9-21(22(29)16-20)27(38)32-19-10-13-36(2)14-11-19/h3,8-9,12,15-19H,1,4-7,10-11,13-14H2,2H3,(H,30,37)(H,32,38)(H2,31,33,34,35)/t17-,18+. The summed E-state index contributed by atoms with van der Waals surface area (Å²) in [4.78, 5) is 35.8. The van der Waals surface area contributed by atoms with E-state index in [0.29, 0.717) is 11.6 Å². The summed E-state index contributed by atoms with van der Waals surface area (Å²) in [7, 11) is 2.06. The molecule has 1 saturated carbocycles. The number of nitrogens with zero attached hydrogens (tertiary/aromatic N) is 3. The number of nitrogens with one attached hydrogen (secondary N) is 4. The normalized spacial score (nSPS) is 20.4. The maximum atomic E-state index is 15.0. The van der Waals surface area contributed by atoms with Gasteiger partial charge in [0.15, 0.2) is 0 Å². The minimum Gasteiger partial charge on any atom is -0.366 e. The number of aromatic nitrogens is 2. The molecule has 0 bridgehead atoms. The zero-order valence-corrected chi connectivity index (χ0v) is 22.8. The second kappa shape index (κ2) is 12.1. The van der Waals surface area contributed by atoms with Crippen LogP contribution < -0.4 is 21.3 Å². The first-order valence-electron chi connectivity index (χ1n) is 13.4. The Morgan fingerprint density at radius 3 is 2.46 bits per heavy atom. The fourth-order valence-corrected chi connectivity index (χ4v) is 5.96. The van der Waals surface area contributed by atoms with Crippen molar-refractivity contribution in [2.75, 3.05) is 30.8 Å². The van der Waals surface area contributed by atoms with Crippen LogP contribution in [0.1, 0.15) is 48.9 Å². The number of halogens is 1. The second-order valence-electron chi connectivity index (χ2n) is 10.3. The topological polar surface area (TPSA) is 111 Å². The Labute approximate surface area is 231 Å². The quantitative estimate of drug-likeness (QED) is 0.307. The summed E-state index contributed by atoms with van der Waals surface area (Å²) in [6.45, 7) is 5.34. The third-order valence-corrected chi connectivity index (χ3v) is 8.34. The molecule has 1 saturated heterocycles. The van der Waals surface area contributed by atoms with Crippen molar-refractivity contribution in [2.24, 2.45) is 0 Å². The number of anilines is 3. The van der Waals surface area contributed by atoms with Gasteiger partial charge in [0.1, 0.15) is 11.6 Å². The van der Waals surface area contributed by atoms with Crippen LogP contribution in [-0.2, 0) is 4.79 Å². The smallest absolute Gasteiger partial charge is 0.254 e. The highest BCUT2D eigenvalue weighted by atomic mass is 32.1. The minimum absolute atomic E-state index is 0.0240. The van der Waals surface area contributed by atoms with Crippen LogP contribution in [0.25, 0.3) is 10.2 Å². The SMILES string of the molecule is C=CC(=O)N[C@H]1CC[C@@H](Nc2nc(Nc3ccc(C(=O)NC4CCN(C)CC4)c(F)c3)nc3ccsc23)CC1. The van der Waals surface area contributed by atoms with Crippen LogP contribution in [0, 0.1) is 5.82 Å².